The Morgan fingerprint density at radius 3 is 2.86 bits per heavy atom. The summed E-state index contributed by atoms with van der Waals surface area (Å²) >= 11 is 0. The Hall–Kier alpha value is -2.76. The maximum Gasteiger partial charge on any atom is 0.256 e. The lowest BCUT2D eigenvalue weighted by molar-refractivity contribution is -0.119. The number of aromatic nitrogens is 2. The first-order valence-corrected chi connectivity index (χ1v) is 6.63. The molecule has 2 aromatic rings. The minimum absolute atomic E-state index is 0.199. The lowest BCUT2D eigenvalue weighted by Gasteiger charge is -2.25. The van der Waals surface area contributed by atoms with Gasteiger partial charge in [0.15, 0.2) is 0 Å². The van der Waals surface area contributed by atoms with Gasteiger partial charge in [-0.25, -0.2) is 0 Å². The molecule has 106 valence electrons. The van der Waals surface area contributed by atoms with Gasteiger partial charge in [0.1, 0.15) is 6.04 Å². The Balaban J connectivity index is 1.98. The van der Waals surface area contributed by atoms with E-state index in [1.165, 1.54) is 17.3 Å². The molecule has 1 aromatic carbocycles. The van der Waals surface area contributed by atoms with Crippen molar-refractivity contribution in [2.75, 3.05) is 5.32 Å². The smallest absolute Gasteiger partial charge is 0.256 e. The fourth-order valence-corrected chi connectivity index (χ4v) is 2.31. The third kappa shape index (κ3) is 2.47. The second-order valence-corrected chi connectivity index (χ2v) is 4.89. The van der Waals surface area contributed by atoms with E-state index in [1.54, 1.807) is 13.0 Å². The summed E-state index contributed by atoms with van der Waals surface area (Å²) in [5.41, 5.74) is 2.08. The van der Waals surface area contributed by atoms with Gasteiger partial charge in [0.2, 0.25) is 5.91 Å². The van der Waals surface area contributed by atoms with Gasteiger partial charge in [-0.2, -0.15) is 10.2 Å². The molecular formula is C15H14N4O2. The van der Waals surface area contributed by atoms with Crippen LogP contribution < -0.4 is 5.32 Å². The van der Waals surface area contributed by atoms with Crippen LogP contribution >= 0.6 is 0 Å². The second-order valence-electron chi connectivity index (χ2n) is 4.89. The van der Waals surface area contributed by atoms with E-state index in [0.29, 0.717) is 12.1 Å². The number of carbonyl (C=O) groups excluding carboxylic acids is 2. The zero-order valence-corrected chi connectivity index (χ0v) is 11.5. The molecule has 3 rings (SSSR count). The van der Waals surface area contributed by atoms with Crippen LogP contribution in [-0.2, 0) is 11.3 Å². The summed E-state index contributed by atoms with van der Waals surface area (Å²) in [5.74, 6) is -0.431. The average Bonchev–Trinajstić information content (AvgIpc) is 2.65. The zero-order valence-electron chi connectivity index (χ0n) is 11.5. The van der Waals surface area contributed by atoms with Crippen molar-refractivity contribution in [1.29, 1.82) is 0 Å². The van der Waals surface area contributed by atoms with E-state index < -0.39 is 6.04 Å². The van der Waals surface area contributed by atoms with E-state index in [9.17, 15) is 9.59 Å². The summed E-state index contributed by atoms with van der Waals surface area (Å²) in [6.45, 7) is 2.09. The molecule has 0 aliphatic carbocycles. The third-order valence-corrected chi connectivity index (χ3v) is 3.55. The predicted octanol–water partition coefficient (Wildman–Crippen LogP) is 1.46. The Labute approximate surface area is 121 Å². The Morgan fingerprint density at radius 1 is 1.29 bits per heavy atom. The van der Waals surface area contributed by atoms with Gasteiger partial charge >= 0.3 is 0 Å². The van der Waals surface area contributed by atoms with Crippen molar-refractivity contribution in [2.24, 2.45) is 0 Å². The van der Waals surface area contributed by atoms with Gasteiger partial charge in [-0.15, -0.1) is 0 Å². The quantitative estimate of drug-likeness (QED) is 0.859. The molecule has 6 heteroatoms. The van der Waals surface area contributed by atoms with Crippen molar-refractivity contribution >= 4 is 17.5 Å². The average molecular weight is 282 g/mol. The summed E-state index contributed by atoms with van der Waals surface area (Å²) in [4.78, 5) is 26.3. The second kappa shape index (κ2) is 5.32. The van der Waals surface area contributed by atoms with E-state index in [0.717, 1.165) is 11.3 Å². The van der Waals surface area contributed by atoms with Gasteiger partial charge in [-0.05, 0) is 24.6 Å². The third-order valence-electron chi connectivity index (χ3n) is 3.55. The van der Waals surface area contributed by atoms with Gasteiger partial charge in [-0.3, -0.25) is 9.59 Å². The topological polar surface area (TPSA) is 75.2 Å². The molecule has 0 bridgehead atoms. The van der Waals surface area contributed by atoms with Gasteiger partial charge in [-0.1, -0.05) is 18.2 Å². The van der Waals surface area contributed by atoms with Gasteiger partial charge in [0.25, 0.3) is 5.91 Å². The van der Waals surface area contributed by atoms with Crippen LogP contribution in [-0.4, -0.2) is 33.0 Å². The molecule has 1 atom stereocenters. The molecule has 2 heterocycles. The monoisotopic (exact) mass is 282 g/mol. The molecule has 1 aromatic heterocycles. The highest BCUT2D eigenvalue weighted by Crippen LogP contribution is 2.24. The lowest BCUT2D eigenvalue weighted by atomic mass is 10.1. The molecule has 6 nitrogen and oxygen atoms in total. The predicted molar refractivity (Wildman–Crippen MR) is 76.4 cm³/mol. The van der Waals surface area contributed by atoms with Crippen molar-refractivity contribution in [3.05, 3.63) is 53.9 Å². The highest BCUT2D eigenvalue weighted by atomic mass is 16.2. The van der Waals surface area contributed by atoms with Crippen LogP contribution in [0.2, 0.25) is 0 Å². The minimum atomic E-state index is -0.557. The number of benzene rings is 1. The Bertz CT molecular complexity index is 687. The van der Waals surface area contributed by atoms with Crippen LogP contribution in [0.15, 0.2) is 42.7 Å². The number of rotatable bonds is 1. The maximum atomic E-state index is 12.6. The van der Waals surface area contributed by atoms with Crippen molar-refractivity contribution < 1.29 is 9.59 Å². The summed E-state index contributed by atoms with van der Waals surface area (Å²) in [6, 6.07) is 8.52. The number of anilines is 1. The highest BCUT2D eigenvalue weighted by Gasteiger charge is 2.30. The number of nitrogens with zero attached hydrogens (tertiary/aromatic N) is 3. The molecule has 21 heavy (non-hydrogen) atoms. The SMILES string of the molecule is CC1C(=O)Nc2ccccc2CN1C(=O)c1ccnnc1. The molecule has 0 saturated carbocycles. The molecule has 1 aliphatic rings. The first-order valence-electron chi connectivity index (χ1n) is 6.63. The minimum Gasteiger partial charge on any atom is -0.324 e. The van der Waals surface area contributed by atoms with Gasteiger partial charge in [0.05, 0.1) is 18.0 Å². The summed E-state index contributed by atoms with van der Waals surface area (Å²) < 4.78 is 0. The summed E-state index contributed by atoms with van der Waals surface area (Å²) in [7, 11) is 0. The molecule has 1 aliphatic heterocycles. The first kappa shape index (κ1) is 13.2. The van der Waals surface area contributed by atoms with Crippen LogP contribution in [0.3, 0.4) is 0 Å². The van der Waals surface area contributed by atoms with Crippen LogP contribution in [0.25, 0.3) is 0 Å². The Morgan fingerprint density at radius 2 is 2.10 bits per heavy atom. The zero-order chi connectivity index (χ0) is 14.8. The molecule has 0 radical (unpaired) electrons. The lowest BCUT2D eigenvalue weighted by Crippen LogP contribution is -2.43. The van der Waals surface area contributed by atoms with E-state index in [2.05, 4.69) is 15.5 Å². The van der Waals surface area contributed by atoms with Crippen LogP contribution in [0, 0.1) is 0 Å². The van der Waals surface area contributed by atoms with Gasteiger partial charge in [0, 0.05) is 12.2 Å². The van der Waals surface area contributed by atoms with E-state index >= 15 is 0 Å². The number of carbonyl (C=O) groups is 2. The number of amides is 2. The standard InChI is InChI=1S/C15H14N4O2/c1-10-14(20)18-13-5-3-2-4-12(13)9-19(10)15(21)11-6-7-16-17-8-11/h2-8,10H,9H2,1H3,(H,18,20). The van der Waals surface area contributed by atoms with E-state index in [4.69, 9.17) is 0 Å². The normalized spacial score (nSPS) is 17.7. The molecule has 1 N–H and O–H groups in total. The maximum absolute atomic E-state index is 12.6. The number of fused-ring (bicyclic) bond motifs is 1. The van der Waals surface area contributed by atoms with Crippen molar-refractivity contribution in [3.63, 3.8) is 0 Å². The van der Waals surface area contributed by atoms with Gasteiger partial charge < -0.3 is 10.2 Å². The van der Waals surface area contributed by atoms with Crippen LogP contribution in [0.4, 0.5) is 5.69 Å². The van der Waals surface area contributed by atoms with Crippen molar-refractivity contribution in [2.45, 2.75) is 19.5 Å². The molecule has 0 spiro atoms. The molecular weight excluding hydrogens is 268 g/mol. The molecule has 0 fully saturated rings. The highest BCUT2D eigenvalue weighted by molar-refractivity contribution is 6.02. The molecule has 1 unspecified atom stereocenters. The van der Waals surface area contributed by atoms with Crippen molar-refractivity contribution in [1.82, 2.24) is 15.1 Å². The van der Waals surface area contributed by atoms with E-state index in [1.807, 2.05) is 24.3 Å². The summed E-state index contributed by atoms with van der Waals surface area (Å²) in [6.07, 6.45) is 2.87. The van der Waals surface area contributed by atoms with Crippen molar-refractivity contribution in [3.8, 4) is 0 Å². The summed E-state index contributed by atoms with van der Waals surface area (Å²) in [5, 5.41) is 10.2. The number of para-hydroxylation sites is 1. The largest absolute Gasteiger partial charge is 0.324 e. The Kier molecular flexibility index (Phi) is 3.35. The van der Waals surface area contributed by atoms with E-state index in [-0.39, 0.29) is 11.8 Å². The number of hydrogen-bond donors (Lipinski definition) is 1. The number of hydrogen-bond acceptors (Lipinski definition) is 4. The first-order chi connectivity index (χ1) is 10.2. The molecule has 2 amide bonds. The fraction of sp³-hybridized carbons (Fsp3) is 0.200. The van der Waals surface area contributed by atoms with Crippen LogP contribution in [0.5, 0.6) is 0 Å². The van der Waals surface area contributed by atoms with Crippen LogP contribution in [0.1, 0.15) is 22.8 Å². The molecule has 0 saturated heterocycles. The number of nitrogens with one attached hydrogen (secondary N) is 1. The fourth-order valence-electron chi connectivity index (χ4n) is 2.31.